The molecule has 0 aliphatic heterocycles. The summed E-state index contributed by atoms with van der Waals surface area (Å²) < 4.78 is 27.3. The Morgan fingerprint density at radius 1 is 1.17 bits per heavy atom. The number of nitrogens with one attached hydrogen (secondary N) is 1. The van der Waals surface area contributed by atoms with Crippen LogP contribution in [0.5, 0.6) is 0 Å². The van der Waals surface area contributed by atoms with E-state index in [1.54, 1.807) is 31.2 Å². The summed E-state index contributed by atoms with van der Waals surface area (Å²) in [5, 5.41) is 9.29. The van der Waals surface area contributed by atoms with Crippen LogP contribution in [-0.4, -0.2) is 25.4 Å². The second-order valence-electron chi connectivity index (χ2n) is 5.34. The van der Waals surface area contributed by atoms with Crippen molar-refractivity contribution in [3.8, 4) is 0 Å². The van der Waals surface area contributed by atoms with Gasteiger partial charge in [0, 0.05) is 5.88 Å². The van der Waals surface area contributed by atoms with Crippen LogP contribution in [0.4, 0.5) is 5.69 Å². The molecule has 2 aromatic rings. The third-order valence-electron chi connectivity index (χ3n) is 3.56. The van der Waals surface area contributed by atoms with E-state index in [9.17, 15) is 18.3 Å². The van der Waals surface area contributed by atoms with Crippen LogP contribution in [0.1, 0.15) is 27.9 Å². The standard InChI is InChI=1S/C17H18ClNO4S/c1-12-4-2-6-15(16(12)17(20)21)19-24(22,23)14-9-7-13(8-10-14)5-3-11-18/h2,4,6-10,19H,3,5,11H2,1H3,(H,20,21). The second-order valence-corrected chi connectivity index (χ2v) is 7.40. The molecule has 2 N–H and O–H groups in total. The summed E-state index contributed by atoms with van der Waals surface area (Å²) in [5.41, 5.74) is 1.48. The summed E-state index contributed by atoms with van der Waals surface area (Å²) in [4.78, 5) is 11.4. The van der Waals surface area contributed by atoms with E-state index in [4.69, 9.17) is 11.6 Å². The van der Waals surface area contributed by atoms with Gasteiger partial charge in [0.1, 0.15) is 0 Å². The van der Waals surface area contributed by atoms with Crippen molar-refractivity contribution in [2.75, 3.05) is 10.6 Å². The number of rotatable bonds is 7. The van der Waals surface area contributed by atoms with Gasteiger partial charge in [-0.1, -0.05) is 24.3 Å². The Balaban J connectivity index is 2.29. The third-order valence-corrected chi connectivity index (χ3v) is 5.21. The fraction of sp³-hybridized carbons (Fsp3) is 0.235. The van der Waals surface area contributed by atoms with Crippen molar-refractivity contribution in [3.63, 3.8) is 0 Å². The van der Waals surface area contributed by atoms with Crippen LogP contribution in [-0.2, 0) is 16.4 Å². The topological polar surface area (TPSA) is 83.5 Å². The average Bonchev–Trinajstić information content (AvgIpc) is 2.52. The summed E-state index contributed by atoms with van der Waals surface area (Å²) in [6.07, 6.45) is 1.59. The molecule has 0 unspecified atom stereocenters. The Morgan fingerprint density at radius 3 is 2.42 bits per heavy atom. The maximum atomic E-state index is 12.5. The molecule has 0 heterocycles. The van der Waals surface area contributed by atoms with Gasteiger partial charge in [0.05, 0.1) is 16.1 Å². The van der Waals surface area contributed by atoms with Crippen LogP contribution in [0.25, 0.3) is 0 Å². The first kappa shape index (κ1) is 18.3. The van der Waals surface area contributed by atoms with Gasteiger partial charge in [-0.25, -0.2) is 13.2 Å². The lowest BCUT2D eigenvalue weighted by Crippen LogP contribution is -2.16. The fourth-order valence-corrected chi connectivity index (χ4v) is 3.55. The molecule has 0 amide bonds. The number of sulfonamides is 1. The molecule has 0 saturated carbocycles. The summed E-state index contributed by atoms with van der Waals surface area (Å²) in [5.74, 6) is -0.630. The summed E-state index contributed by atoms with van der Waals surface area (Å²) in [6.45, 7) is 1.62. The first-order chi connectivity index (χ1) is 11.3. The van der Waals surface area contributed by atoms with Crippen LogP contribution < -0.4 is 4.72 Å². The molecule has 0 aliphatic carbocycles. The van der Waals surface area contributed by atoms with Crippen LogP contribution in [0.15, 0.2) is 47.4 Å². The summed E-state index contributed by atoms with van der Waals surface area (Å²) >= 11 is 5.64. The van der Waals surface area contributed by atoms with Gasteiger partial charge < -0.3 is 5.11 Å². The highest BCUT2D eigenvalue weighted by molar-refractivity contribution is 7.92. The molecule has 7 heteroatoms. The van der Waals surface area contributed by atoms with Gasteiger partial charge >= 0.3 is 5.97 Å². The van der Waals surface area contributed by atoms with Crippen molar-refractivity contribution < 1.29 is 18.3 Å². The van der Waals surface area contributed by atoms with Crippen molar-refractivity contribution in [3.05, 3.63) is 59.2 Å². The summed E-state index contributed by atoms with van der Waals surface area (Å²) in [7, 11) is -3.86. The Hall–Kier alpha value is -2.05. The Labute approximate surface area is 146 Å². The number of anilines is 1. The fourth-order valence-electron chi connectivity index (χ4n) is 2.35. The van der Waals surface area contributed by atoms with Crippen molar-refractivity contribution in [1.82, 2.24) is 0 Å². The SMILES string of the molecule is Cc1cccc(NS(=O)(=O)c2ccc(CCCCl)cc2)c1C(=O)O. The Bertz CT molecular complexity index is 832. The summed E-state index contributed by atoms with van der Waals surface area (Å²) in [6, 6.07) is 11.1. The molecule has 0 aromatic heterocycles. The molecular weight excluding hydrogens is 350 g/mol. The monoisotopic (exact) mass is 367 g/mol. The van der Waals surface area contributed by atoms with Gasteiger partial charge in [-0.2, -0.15) is 0 Å². The number of benzene rings is 2. The highest BCUT2D eigenvalue weighted by Crippen LogP contribution is 2.23. The number of hydrogen-bond acceptors (Lipinski definition) is 3. The number of aryl methyl sites for hydroxylation is 2. The lowest BCUT2D eigenvalue weighted by atomic mass is 10.1. The predicted octanol–water partition coefficient (Wildman–Crippen LogP) is 3.67. The predicted molar refractivity (Wildman–Crippen MR) is 94.4 cm³/mol. The van der Waals surface area contributed by atoms with Gasteiger partial charge in [0.25, 0.3) is 10.0 Å². The lowest BCUT2D eigenvalue weighted by Gasteiger charge is -2.12. The van der Waals surface area contributed by atoms with Gasteiger partial charge in [0.2, 0.25) is 0 Å². The van der Waals surface area contributed by atoms with Crippen molar-refractivity contribution in [2.24, 2.45) is 0 Å². The minimum absolute atomic E-state index is 0.0497. The number of halogens is 1. The maximum absolute atomic E-state index is 12.5. The van der Waals surface area contributed by atoms with E-state index >= 15 is 0 Å². The number of carboxylic acids is 1. The lowest BCUT2D eigenvalue weighted by molar-refractivity contribution is 0.0697. The van der Waals surface area contributed by atoms with Crippen molar-refractivity contribution >= 4 is 33.3 Å². The second kappa shape index (κ2) is 7.68. The van der Waals surface area contributed by atoms with Crippen LogP contribution >= 0.6 is 11.6 Å². The van der Waals surface area contributed by atoms with E-state index < -0.39 is 16.0 Å². The third kappa shape index (κ3) is 4.27. The molecule has 5 nitrogen and oxygen atoms in total. The number of hydrogen-bond donors (Lipinski definition) is 2. The van der Waals surface area contributed by atoms with Crippen molar-refractivity contribution in [2.45, 2.75) is 24.7 Å². The molecule has 2 aromatic carbocycles. The molecule has 24 heavy (non-hydrogen) atoms. The van der Waals surface area contributed by atoms with E-state index in [1.807, 2.05) is 0 Å². The van der Waals surface area contributed by atoms with E-state index in [0.29, 0.717) is 11.4 Å². The number of alkyl halides is 1. The normalized spacial score (nSPS) is 11.2. The average molecular weight is 368 g/mol. The highest BCUT2D eigenvalue weighted by atomic mass is 35.5. The molecule has 0 saturated heterocycles. The molecule has 2 rings (SSSR count). The minimum atomic E-state index is -3.86. The van der Waals surface area contributed by atoms with Gasteiger partial charge in [-0.3, -0.25) is 4.72 Å². The Morgan fingerprint density at radius 2 is 1.83 bits per heavy atom. The number of aromatic carboxylic acids is 1. The van der Waals surface area contributed by atoms with E-state index in [2.05, 4.69) is 4.72 Å². The van der Waals surface area contributed by atoms with Crippen LogP contribution in [0.3, 0.4) is 0 Å². The molecule has 0 spiro atoms. The number of carbonyl (C=O) groups is 1. The Kier molecular flexibility index (Phi) is 5.85. The maximum Gasteiger partial charge on any atom is 0.338 e. The van der Waals surface area contributed by atoms with Crippen molar-refractivity contribution in [1.29, 1.82) is 0 Å². The zero-order valence-corrected chi connectivity index (χ0v) is 14.7. The van der Waals surface area contributed by atoms with Gasteiger partial charge in [-0.15, -0.1) is 11.6 Å². The molecular formula is C17H18ClNO4S. The number of carboxylic acid groups (broad SMARTS) is 1. The zero-order chi connectivity index (χ0) is 17.7. The molecule has 0 bridgehead atoms. The quantitative estimate of drug-likeness (QED) is 0.731. The van der Waals surface area contributed by atoms with Gasteiger partial charge in [0.15, 0.2) is 0 Å². The largest absolute Gasteiger partial charge is 0.478 e. The molecule has 128 valence electrons. The van der Waals surface area contributed by atoms with Gasteiger partial charge in [-0.05, 0) is 49.1 Å². The molecule has 0 fully saturated rings. The molecule has 0 aliphatic rings. The minimum Gasteiger partial charge on any atom is -0.478 e. The van der Waals surface area contributed by atoms with E-state index in [0.717, 1.165) is 18.4 Å². The molecule has 0 atom stereocenters. The highest BCUT2D eigenvalue weighted by Gasteiger charge is 2.19. The van der Waals surface area contributed by atoms with Crippen LogP contribution in [0, 0.1) is 6.92 Å². The zero-order valence-electron chi connectivity index (χ0n) is 13.1. The van der Waals surface area contributed by atoms with E-state index in [1.165, 1.54) is 18.2 Å². The molecule has 0 radical (unpaired) electrons. The first-order valence-corrected chi connectivity index (χ1v) is 9.37. The smallest absolute Gasteiger partial charge is 0.338 e. The van der Waals surface area contributed by atoms with E-state index in [-0.39, 0.29) is 16.1 Å². The van der Waals surface area contributed by atoms with Crippen LogP contribution in [0.2, 0.25) is 0 Å². The first-order valence-electron chi connectivity index (χ1n) is 7.36.